The molecule has 122 valence electrons. The number of para-hydroxylation sites is 1. The molecule has 0 radical (unpaired) electrons. The highest BCUT2D eigenvalue weighted by Gasteiger charge is 2.36. The van der Waals surface area contributed by atoms with E-state index in [4.69, 9.17) is 0 Å². The summed E-state index contributed by atoms with van der Waals surface area (Å²) in [6, 6.07) is 8.82. The summed E-state index contributed by atoms with van der Waals surface area (Å²) in [6.45, 7) is 0.386. The molecule has 2 N–H and O–H groups in total. The van der Waals surface area contributed by atoms with Gasteiger partial charge < -0.3 is 10.3 Å². The summed E-state index contributed by atoms with van der Waals surface area (Å²) in [6.07, 6.45) is 2.36. The van der Waals surface area contributed by atoms with Crippen molar-refractivity contribution in [1.82, 2.24) is 10.3 Å². The molecule has 1 fully saturated rings. The van der Waals surface area contributed by atoms with Gasteiger partial charge in [0.25, 0.3) is 11.5 Å². The number of rotatable bonds is 4. The van der Waals surface area contributed by atoms with Crippen molar-refractivity contribution in [2.24, 2.45) is 5.92 Å². The quantitative estimate of drug-likeness (QED) is 0.874. The van der Waals surface area contributed by atoms with E-state index in [1.807, 2.05) is 18.2 Å². The molecular weight excluding hydrogens is 316 g/mol. The minimum absolute atomic E-state index is 0.0719. The van der Waals surface area contributed by atoms with Gasteiger partial charge in [-0.05, 0) is 36.3 Å². The number of nitrogens with one attached hydrogen (secondary N) is 2. The second-order valence-electron chi connectivity index (χ2n) is 6.10. The molecule has 1 amide bonds. The SMILES string of the molecule is CS(=O)(=O)C1CC(CNC(=O)c2cc3ccccc3[nH]c2=O)C1. The van der Waals surface area contributed by atoms with Crippen LogP contribution in [0.25, 0.3) is 10.9 Å². The largest absolute Gasteiger partial charge is 0.352 e. The van der Waals surface area contributed by atoms with E-state index in [9.17, 15) is 18.0 Å². The van der Waals surface area contributed by atoms with Crippen LogP contribution >= 0.6 is 0 Å². The molecule has 2 aromatic rings. The number of fused-ring (bicyclic) bond motifs is 1. The lowest BCUT2D eigenvalue weighted by atomic mass is 9.85. The summed E-state index contributed by atoms with van der Waals surface area (Å²) >= 11 is 0. The van der Waals surface area contributed by atoms with E-state index in [1.165, 1.54) is 6.26 Å². The predicted octanol–water partition coefficient (Wildman–Crippen LogP) is 1.08. The Morgan fingerprint density at radius 1 is 1.30 bits per heavy atom. The summed E-state index contributed by atoms with van der Waals surface area (Å²) in [4.78, 5) is 26.9. The first-order valence-corrected chi connectivity index (χ1v) is 9.39. The molecule has 0 aliphatic heterocycles. The first-order chi connectivity index (χ1) is 10.8. The highest BCUT2D eigenvalue weighted by Crippen LogP contribution is 2.31. The van der Waals surface area contributed by atoms with E-state index in [2.05, 4.69) is 10.3 Å². The molecule has 0 atom stereocenters. The minimum atomic E-state index is -2.99. The van der Waals surface area contributed by atoms with Crippen molar-refractivity contribution in [2.45, 2.75) is 18.1 Å². The fourth-order valence-corrected chi connectivity index (χ4v) is 4.08. The van der Waals surface area contributed by atoms with Gasteiger partial charge in [-0.15, -0.1) is 0 Å². The summed E-state index contributed by atoms with van der Waals surface area (Å²) in [5.41, 5.74) is 0.329. The summed E-state index contributed by atoms with van der Waals surface area (Å²) < 4.78 is 22.7. The normalized spacial score (nSPS) is 20.9. The number of H-pyrrole nitrogens is 1. The lowest BCUT2D eigenvalue weighted by Gasteiger charge is -2.33. The molecule has 0 saturated heterocycles. The molecule has 0 bridgehead atoms. The third kappa shape index (κ3) is 3.29. The average molecular weight is 334 g/mol. The Labute approximate surface area is 133 Å². The van der Waals surface area contributed by atoms with Crippen molar-refractivity contribution in [1.29, 1.82) is 0 Å². The van der Waals surface area contributed by atoms with Crippen LogP contribution < -0.4 is 10.9 Å². The Hall–Kier alpha value is -2.15. The van der Waals surface area contributed by atoms with Crippen LogP contribution in [0.5, 0.6) is 0 Å². The molecular formula is C16H18N2O4S. The smallest absolute Gasteiger partial charge is 0.261 e. The molecule has 3 rings (SSSR count). The number of hydrogen-bond acceptors (Lipinski definition) is 4. The number of aromatic nitrogens is 1. The molecule has 6 nitrogen and oxygen atoms in total. The van der Waals surface area contributed by atoms with Gasteiger partial charge in [-0.3, -0.25) is 9.59 Å². The van der Waals surface area contributed by atoms with E-state index < -0.39 is 21.3 Å². The van der Waals surface area contributed by atoms with Gasteiger partial charge >= 0.3 is 0 Å². The lowest BCUT2D eigenvalue weighted by Crippen LogP contribution is -2.42. The van der Waals surface area contributed by atoms with Crippen molar-refractivity contribution >= 4 is 26.6 Å². The van der Waals surface area contributed by atoms with Gasteiger partial charge in [-0.2, -0.15) is 0 Å². The molecule has 23 heavy (non-hydrogen) atoms. The zero-order valence-corrected chi connectivity index (χ0v) is 13.5. The molecule has 1 aliphatic carbocycles. The number of sulfone groups is 1. The fourth-order valence-electron chi connectivity index (χ4n) is 2.84. The Balaban J connectivity index is 1.65. The number of aromatic amines is 1. The number of carbonyl (C=O) groups excluding carboxylic acids is 1. The first-order valence-electron chi connectivity index (χ1n) is 7.44. The molecule has 1 aliphatic rings. The van der Waals surface area contributed by atoms with Gasteiger partial charge in [0.1, 0.15) is 15.4 Å². The monoisotopic (exact) mass is 334 g/mol. The van der Waals surface area contributed by atoms with Crippen LogP contribution in [-0.4, -0.2) is 37.4 Å². The number of benzene rings is 1. The molecule has 1 aromatic heterocycles. The number of pyridine rings is 1. The Bertz CT molecular complexity index is 911. The predicted molar refractivity (Wildman–Crippen MR) is 88.3 cm³/mol. The zero-order valence-electron chi connectivity index (χ0n) is 12.7. The van der Waals surface area contributed by atoms with Crippen molar-refractivity contribution in [3.63, 3.8) is 0 Å². The van der Waals surface area contributed by atoms with Crippen molar-refractivity contribution in [3.8, 4) is 0 Å². The van der Waals surface area contributed by atoms with Gasteiger partial charge in [0, 0.05) is 18.3 Å². The Kier molecular flexibility index (Phi) is 3.97. The molecule has 0 unspecified atom stereocenters. The van der Waals surface area contributed by atoms with Crippen LogP contribution in [0, 0.1) is 5.92 Å². The zero-order chi connectivity index (χ0) is 16.6. The maximum Gasteiger partial charge on any atom is 0.261 e. The summed E-state index contributed by atoms with van der Waals surface area (Å²) in [7, 11) is -2.99. The highest BCUT2D eigenvalue weighted by atomic mass is 32.2. The van der Waals surface area contributed by atoms with E-state index in [-0.39, 0.29) is 16.7 Å². The Morgan fingerprint density at radius 2 is 2.00 bits per heavy atom. The van der Waals surface area contributed by atoms with E-state index in [0.717, 1.165) is 5.39 Å². The maximum absolute atomic E-state index is 12.2. The van der Waals surface area contributed by atoms with Crippen LogP contribution in [0.4, 0.5) is 0 Å². The third-order valence-corrected chi connectivity index (χ3v) is 5.94. The number of amides is 1. The van der Waals surface area contributed by atoms with Gasteiger partial charge in [0.2, 0.25) is 0 Å². The van der Waals surface area contributed by atoms with Crippen LogP contribution in [0.1, 0.15) is 23.2 Å². The summed E-state index contributed by atoms with van der Waals surface area (Å²) in [5.74, 6) is -0.280. The van der Waals surface area contributed by atoms with Crippen molar-refractivity contribution in [2.75, 3.05) is 12.8 Å². The topological polar surface area (TPSA) is 96.1 Å². The van der Waals surface area contributed by atoms with Crippen LogP contribution in [0.3, 0.4) is 0 Å². The van der Waals surface area contributed by atoms with Crippen molar-refractivity contribution in [3.05, 3.63) is 46.2 Å². The van der Waals surface area contributed by atoms with Crippen LogP contribution in [0.15, 0.2) is 35.1 Å². The van der Waals surface area contributed by atoms with Crippen molar-refractivity contribution < 1.29 is 13.2 Å². The average Bonchev–Trinajstić information content (AvgIpc) is 2.43. The lowest BCUT2D eigenvalue weighted by molar-refractivity contribution is 0.0938. The highest BCUT2D eigenvalue weighted by molar-refractivity contribution is 7.91. The van der Waals surface area contributed by atoms with Gasteiger partial charge in [0.15, 0.2) is 0 Å². The number of hydrogen-bond donors (Lipinski definition) is 2. The fraction of sp³-hybridized carbons (Fsp3) is 0.375. The van der Waals surface area contributed by atoms with E-state index in [0.29, 0.717) is 24.9 Å². The molecule has 0 spiro atoms. The molecule has 7 heteroatoms. The van der Waals surface area contributed by atoms with E-state index in [1.54, 1.807) is 12.1 Å². The third-order valence-electron chi connectivity index (χ3n) is 4.35. The summed E-state index contributed by atoms with van der Waals surface area (Å²) in [5, 5.41) is 3.22. The molecule has 1 saturated carbocycles. The standard InChI is InChI=1S/C16H18N2O4S/c1-23(21,22)12-6-10(7-12)9-17-15(19)13-8-11-4-2-3-5-14(11)18-16(13)20/h2-5,8,10,12H,6-7,9H2,1H3,(H,17,19)(H,18,20). The van der Waals surface area contributed by atoms with E-state index >= 15 is 0 Å². The number of carbonyl (C=O) groups is 1. The minimum Gasteiger partial charge on any atom is -0.352 e. The van der Waals surface area contributed by atoms with Crippen LogP contribution in [-0.2, 0) is 9.84 Å². The second-order valence-corrected chi connectivity index (χ2v) is 8.42. The van der Waals surface area contributed by atoms with Gasteiger partial charge in [0.05, 0.1) is 5.25 Å². The first kappa shape index (κ1) is 15.7. The Morgan fingerprint density at radius 3 is 2.70 bits per heavy atom. The molecule has 1 heterocycles. The second kappa shape index (κ2) is 5.81. The molecule has 1 aromatic carbocycles. The van der Waals surface area contributed by atoms with Gasteiger partial charge in [-0.1, -0.05) is 18.2 Å². The van der Waals surface area contributed by atoms with Crippen LogP contribution in [0.2, 0.25) is 0 Å². The maximum atomic E-state index is 12.2. The van der Waals surface area contributed by atoms with Gasteiger partial charge in [-0.25, -0.2) is 8.42 Å².